The molecule has 0 aliphatic carbocycles. The SMILES string of the molecule is O=C(O)c1cccnc1SC[C@H]1C[C@@H](c2ccc(CO)cc2)O[C@@H](c2ccc(CNC(=O)c3c(F)c(F)c(F)c(F)c3F)cc2)O1. The second-order valence-electron chi connectivity index (χ2n) is 10.2. The summed E-state index contributed by atoms with van der Waals surface area (Å²) in [6.07, 6.45) is 0.219. The summed E-state index contributed by atoms with van der Waals surface area (Å²) >= 11 is 1.23. The summed E-state index contributed by atoms with van der Waals surface area (Å²) in [5.41, 5.74) is 1.05. The molecule has 1 aromatic heterocycles. The second-order valence-corrected chi connectivity index (χ2v) is 11.2. The highest BCUT2D eigenvalue weighted by Gasteiger charge is 2.33. The average molecular weight is 661 g/mol. The number of ether oxygens (including phenoxy) is 2. The largest absolute Gasteiger partial charge is 0.478 e. The van der Waals surface area contributed by atoms with Crippen LogP contribution in [0.4, 0.5) is 22.0 Å². The number of hydrogen-bond donors (Lipinski definition) is 3. The predicted molar refractivity (Wildman–Crippen MR) is 154 cm³/mol. The van der Waals surface area contributed by atoms with Crippen LogP contribution in [0.5, 0.6) is 0 Å². The molecule has 4 aromatic rings. The lowest BCUT2D eigenvalue weighted by atomic mass is 10.0. The first kappa shape index (κ1) is 33.0. The molecule has 240 valence electrons. The zero-order valence-corrected chi connectivity index (χ0v) is 24.5. The Balaban J connectivity index is 1.31. The van der Waals surface area contributed by atoms with E-state index in [1.54, 1.807) is 36.4 Å². The monoisotopic (exact) mass is 660 g/mol. The van der Waals surface area contributed by atoms with Gasteiger partial charge in [0.15, 0.2) is 29.6 Å². The average Bonchev–Trinajstić information content (AvgIpc) is 3.08. The molecule has 0 spiro atoms. The van der Waals surface area contributed by atoms with E-state index in [1.165, 1.54) is 30.1 Å². The third-order valence-corrected chi connectivity index (χ3v) is 8.30. The van der Waals surface area contributed by atoms with Crippen molar-refractivity contribution in [3.05, 3.63) is 129 Å². The van der Waals surface area contributed by atoms with Gasteiger partial charge in [-0.3, -0.25) is 4.79 Å². The van der Waals surface area contributed by atoms with Gasteiger partial charge in [0.25, 0.3) is 5.91 Å². The summed E-state index contributed by atoms with van der Waals surface area (Å²) in [5, 5.41) is 21.4. The van der Waals surface area contributed by atoms with Gasteiger partial charge in [0.1, 0.15) is 10.6 Å². The van der Waals surface area contributed by atoms with Gasteiger partial charge in [0.2, 0.25) is 5.82 Å². The Bertz CT molecular complexity index is 1710. The van der Waals surface area contributed by atoms with Crippen molar-refractivity contribution in [1.82, 2.24) is 10.3 Å². The van der Waals surface area contributed by atoms with E-state index in [9.17, 15) is 41.8 Å². The molecule has 1 fully saturated rings. The van der Waals surface area contributed by atoms with Crippen molar-refractivity contribution in [1.29, 1.82) is 0 Å². The Kier molecular flexibility index (Phi) is 10.3. The van der Waals surface area contributed by atoms with Crippen LogP contribution in [0.2, 0.25) is 0 Å². The lowest BCUT2D eigenvalue weighted by molar-refractivity contribution is -0.245. The highest BCUT2D eigenvalue weighted by Crippen LogP contribution is 2.39. The molecule has 0 unspecified atom stereocenters. The predicted octanol–water partition coefficient (Wildman–Crippen LogP) is 6.24. The van der Waals surface area contributed by atoms with E-state index in [0.717, 1.165) is 11.1 Å². The highest BCUT2D eigenvalue weighted by molar-refractivity contribution is 7.99. The Morgan fingerprint density at radius 2 is 1.46 bits per heavy atom. The topological polar surface area (TPSA) is 118 Å². The molecular weight excluding hydrogens is 635 g/mol. The Hall–Kier alpha value is -4.37. The van der Waals surface area contributed by atoms with Crippen molar-refractivity contribution in [3.8, 4) is 0 Å². The highest BCUT2D eigenvalue weighted by atomic mass is 32.2. The minimum absolute atomic E-state index is 0.0649. The minimum Gasteiger partial charge on any atom is -0.478 e. The quantitative estimate of drug-likeness (QED) is 0.0793. The molecule has 46 heavy (non-hydrogen) atoms. The number of carboxylic acid groups (broad SMARTS) is 1. The first-order valence-corrected chi connectivity index (χ1v) is 14.8. The number of aliphatic hydroxyl groups is 1. The molecule has 5 rings (SSSR count). The maximum Gasteiger partial charge on any atom is 0.338 e. The molecule has 8 nitrogen and oxygen atoms in total. The number of pyridine rings is 1. The molecule has 2 heterocycles. The van der Waals surface area contributed by atoms with E-state index in [2.05, 4.69) is 10.3 Å². The lowest BCUT2D eigenvalue weighted by Gasteiger charge is -2.36. The zero-order valence-electron chi connectivity index (χ0n) is 23.7. The summed E-state index contributed by atoms with van der Waals surface area (Å²) in [4.78, 5) is 28.1. The van der Waals surface area contributed by atoms with Gasteiger partial charge in [-0.2, -0.15) is 0 Å². The molecule has 1 aliphatic heterocycles. The summed E-state index contributed by atoms with van der Waals surface area (Å²) in [6.45, 7) is -0.415. The summed E-state index contributed by atoms with van der Waals surface area (Å²) in [6, 6.07) is 16.6. The van der Waals surface area contributed by atoms with E-state index < -0.39 is 65.0 Å². The first-order valence-electron chi connectivity index (χ1n) is 13.8. The molecular formula is C32H25F5N2O6S. The van der Waals surface area contributed by atoms with E-state index in [4.69, 9.17) is 9.47 Å². The number of carbonyl (C=O) groups excluding carboxylic acids is 1. The maximum absolute atomic E-state index is 14.0. The molecule has 14 heteroatoms. The standard InChI is InChI=1S/C32H25F5N2O6S/c33-24-23(25(34)27(36)28(37)26(24)35)29(41)39-13-16-3-9-19(10-4-16)32-44-20(15-46-30-21(31(42)43)2-1-11-38-30)12-22(45-32)18-7-5-17(14-40)6-8-18/h1-11,20,22,32,40H,12-15H2,(H,39,41)(H,42,43)/t20-,22+,32+/m1/s1. The Morgan fingerprint density at radius 3 is 2.09 bits per heavy atom. The molecule has 0 bridgehead atoms. The number of aromatic carboxylic acids is 1. The van der Waals surface area contributed by atoms with Crippen LogP contribution in [0, 0.1) is 29.1 Å². The summed E-state index contributed by atoms with van der Waals surface area (Å²) in [7, 11) is 0. The summed E-state index contributed by atoms with van der Waals surface area (Å²) in [5.74, 6) is -13.5. The Morgan fingerprint density at radius 1 is 0.848 bits per heavy atom. The molecule has 3 N–H and O–H groups in total. The van der Waals surface area contributed by atoms with Gasteiger partial charge in [-0.05, 0) is 28.8 Å². The van der Waals surface area contributed by atoms with Crippen molar-refractivity contribution in [2.45, 2.75) is 43.1 Å². The van der Waals surface area contributed by atoms with Crippen LogP contribution in [0.1, 0.15) is 61.8 Å². The number of aliphatic hydroxyl groups excluding tert-OH is 1. The number of hydrogen-bond acceptors (Lipinski definition) is 7. The van der Waals surface area contributed by atoms with Crippen molar-refractivity contribution in [2.24, 2.45) is 0 Å². The number of aromatic nitrogens is 1. The van der Waals surface area contributed by atoms with Crippen molar-refractivity contribution in [3.63, 3.8) is 0 Å². The van der Waals surface area contributed by atoms with Gasteiger partial charge in [-0.25, -0.2) is 31.7 Å². The molecule has 0 radical (unpaired) electrons. The zero-order chi connectivity index (χ0) is 33.0. The number of rotatable bonds is 10. The number of nitrogens with one attached hydrogen (secondary N) is 1. The van der Waals surface area contributed by atoms with Crippen LogP contribution in [0.15, 0.2) is 71.9 Å². The molecule has 3 atom stereocenters. The third kappa shape index (κ3) is 7.20. The van der Waals surface area contributed by atoms with Gasteiger partial charge >= 0.3 is 5.97 Å². The molecule has 3 aromatic carbocycles. The fourth-order valence-electron chi connectivity index (χ4n) is 4.73. The maximum atomic E-state index is 14.0. The fraction of sp³-hybridized carbons (Fsp3) is 0.219. The van der Waals surface area contributed by atoms with E-state index >= 15 is 0 Å². The van der Waals surface area contributed by atoms with E-state index in [1.807, 2.05) is 12.1 Å². The van der Waals surface area contributed by atoms with Crippen LogP contribution in [0.3, 0.4) is 0 Å². The lowest BCUT2D eigenvalue weighted by Crippen LogP contribution is -2.31. The van der Waals surface area contributed by atoms with Crippen molar-refractivity contribution >= 4 is 23.6 Å². The number of carbonyl (C=O) groups is 2. The van der Waals surface area contributed by atoms with Crippen molar-refractivity contribution < 1.29 is 51.2 Å². The number of halogens is 5. The third-order valence-electron chi connectivity index (χ3n) is 7.16. The van der Waals surface area contributed by atoms with Gasteiger partial charge in [-0.1, -0.05) is 48.5 Å². The second kappa shape index (κ2) is 14.4. The molecule has 1 saturated heterocycles. The minimum atomic E-state index is -2.36. The first-order chi connectivity index (χ1) is 22.1. The fourth-order valence-corrected chi connectivity index (χ4v) is 5.74. The van der Waals surface area contributed by atoms with Crippen LogP contribution < -0.4 is 5.32 Å². The van der Waals surface area contributed by atoms with Crippen LogP contribution >= 0.6 is 11.8 Å². The molecule has 0 saturated carbocycles. The van der Waals surface area contributed by atoms with Crippen LogP contribution in [-0.4, -0.2) is 38.9 Å². The molecule has 1 aliphatic rings. The number of amides is 1. The van der Waals surface area contributed by atoms with Crippen LogP contribution in [-0.2, 0) is 22.6 Å². The van der Waals surface area contributed by atoms with Crippen LogP contribution in [0.25, 0.3) is 0 Å². The van der Waals surface area contributed by atoms with Crippen molar-refractivity contribution in [2.75, 3.05) is 5.75 Å². The molecule has 1 amide bonds. The van der Waals surface area contributed by atoms with Gasteiger partial charge in [0, 0.05) is 30.5 Å². The Labute approximate surface area is 263 Å². The van der Waals surface area contributed by atoms with Gasteiger partial charge in [-0.15, -0.1) is 11.8 Å². The van der Waals surface area contributed by atoms with E-state index in [-0.39, 0.29) is 18.7 Å². The van der Waals surface area contributed by atoms with Gasteiger partial charge < -0.3 is 25.0 Å². The van der Waals surface area contributed by atoms with E-state index in [0.29, 0.717) is 28.3 Å². The van der Waals surface area contributed by atoms with Gasteiger partial charge in [0.05, 0.1) is 24.4 Å². The summed E-state index contributed by atoms with van der Waals surface area (Å²) < 4.78 is 80.9. The number of thioether (sulfide) groups is 1. The number of carboxylic acids is 1. The number of benzene rings is 3. The normalized spacial score (nSPS) is 17.9. The number of nitrogens with zero attached hydrogens (tertiary/aromatic N) is 1. The smallest absolute Gasteiger partial charge is 0.338 e.